The SMILES string of the molecule is CN(C)CC1CCN(c2ccc([N+](=O)[O-])cc2CBr)CC1. The molecule has 0 bridgehead atoms. The zero-order chi connectivity index (χ0) is 15.4. The topological polar surface area (TPSA) is 49.6 Å². The van der Waals surface area contributed by atoms with Gasteiger partial charge in [-0.05, 0) is 44.5 Å². The molecule has 21 heavy (non-hydrogen) atoms. The summed E-state index contributed by atoms with van der Waals surface area (Å²) in [4.78, 5) is 15.1. The Morgan fingerprint density at radius 2 is 2.05 bits per heavy atom. The summed E-state index contributed by atoms with van der Waals surface area (Å²) in [6, 6.07) is 5.17. The van der Waals surface area contributed by atoms with Crippen LogP contribution in [0.1, 0.15) is 18.4 Å². The van der Waals surface area contributed by atoms with E-state index in [0.29, 0.717) is 5.33 Å². The van der Waals surface area contributed by atoms with Crippen LogP contribution in [0.3, 0.4) is 0 Å². The number of nitrogens with zero attached hydrogens (tertiary/aromatic N) is 3. The molecule has 116 valence electrons. The van der Waals surface area contributed by atoms with Crippen molar-refractivity contribution in [1.82, 2.24) is 4.90 Å². The molecule has 1 saturated heterocycles. The molecule has 1 aromatic carbocycles. The maximum atomic E-state index is 10.9. The number of nitro benzene ring substituents is 1. The first-order valence-corrected chi connectivity index (χ1v) is 8.36. The van der Waals surface area contributed by atoms with Crippen LogP contribution in [-0.4, -0.2) is 43.6 Å². The fourth-order valence-corrected chi connectivity index (χ4v) is 3.42. The molecule has 0 unspecified atom stereocenters. The molecule has 0 atom stereocenters. The van der Waals surface area contributed by atoms with Gasteiger partial charge in [0.2, 0.25) is 0 Å². The van der Waals surface area contributed by atoms with Crippen molar-refractivity contribution in [3.63, 3.8) is 0 Å². The van der Waals surface area contributed by atoms with E-state index >= 15 is 0 Å². The molecular formula is C15H22BrN3O2. The number of non-ortho nitro benzene ring substituents is 1. The Hall–Kier alpha value is -1.14. The smallest absolute Gasteiger partial charge is 0.269 e. The highest BCUT2D eigenvalue weighted by Crippen LogP contribution is 2.30. The molecule has 2 rings (SSSR count). The van der Waals surface area contributed by atoms with Crippen molar-refractivity contribution in [2.45, 2.75) is 18.2 Å². The summed E-state index contributed by atoms with van der Waals surface area (Å²) in [5, 5.41) is 11.5. The third-order valence-corrected chi connectivity index (χ3v) is 4.60. The molecule has 0 spiro atoms. The van der Waals surface area contributed by atoms with Crippen LogP contribution in [0.5, 0.6) is 0 Å². The molecule has 1 fully saturated rings. The van der Waals surface area contributed by atoms with Gasteiger partial charge in [-0.15, -0.1) is 0 Å². The van der Waals surface area contributed by atoms with Crippen molar-refractivity contribution in [3.8, 4) is 0 Å². The molecule has 1 aromatic rings. The van der Waals surface area contributed by atoms with Crippen molar-refractivity contribution in [3.05, 3.63) is 33.9 Å². The minimum Gasteiger partial charge on any atom is -0.371 e. The highest BCUT2D eigenvalue weighted by molar-refractivity contribution is 9.08. The van der Waals surface area contributed by atoms with Crippen molar-refractivity contribution in [2.24, 2.45) is 5.92 Å². The van der Waals surface area contributed by atoms with E-state index < -0.39 is 0 Å². The normalized spacial score (nSPS) is 16.5. The zero-order valence-electron chi connectivity index (χ0n) is 12.6. The van der Waals surface area contributed by atoms with E-state index in [9.17, 15) is 10.1 Å². The number of nitro groups is 1. The first-order chi connectivity index (χ1) is 10.0. The third-order valence-electron chi connectivity index (χ3n) is 4.00. The lowest BCUT2D eigenvalue weighted by Gasteiger charge is -2.35. The maximum absolute atomic E-state index is 10.9. The Bertz CT molecular complexity index is 500. The average Bonchev–Trinajstić information content (AvgIpc) is 2.46. The number of anilines is 1. The quantitative estimate of drug-likeness (QED) is 0.462. The van der Waals surface area contributed by atoms with Crippen LogP contribution in [-0.2, 0) is 5.33 Å². The molecule has 0 aromatic heterocycles. The van der Waals surface area contributed by atoms with E-state index in [4.69, 9.17) is 0 Å². The first kappa shape index (κ1) is 16.2. The summed E-state index contributed by atoms with van der Waals surface area (Å²) >= 11 is 3.45. The number of rotatable bonds is 5. The van der Waals surface area contributed by atoms with Gasteiger partial charge < -0.3 is 9.80 Å². The van der Waals surface area contributed by atoms with Gasteiger partial charge in [-0.25, -0.2) is 0 Å². The Morgan fingerprint density at radius 3 is 2.57 bits per heavy atom. The van der Waals surface area contributed by atoms with Gasteiger partial charge >= 0.3 is 0 Å². The molecule has 1 heterocycles. The number of hydrogen-bond acceptors (Lipinski definition) is 4. The van der Waals surface area contributed by atoms with Gasteiger partial charge in [0.15, 0.2) is 0 Å². The van der Waals surface area contributed by atoms with Crippen molar-refractivity contribution in [2.75, 3.05) is 38.6 Å². The standard InChI is InChI=1S/C15H22BrN3O2/c1-17(2)11-12-5-7-18(8-6-12)15-4-3-14(19(20)21)9-13(15)10-16/h3-4,9,12H,5-8,10-11H2,1-2H3. The Labute approximate surface area is 134 Å². The Balaban J connectivity index is 2.07. The largest absolute Gasteiger partial charge is 0.371 e. The molecule has 6 heteroatoms. The maximum Gasteiger partial charge on any atom is 0.269 e. The minimum absolute atomic E-state index is 0.163. The van der Waals surface area contributed by atoms with Gasteiger partial charge in [0.25, 0.3) is 5.69 Å². The second kappa shape index (κ2) is 7.22. The van der Waals surface area contributed by atoms with E-state index in [0.717, 1.165) is 36.8 Å². The molecule has 0 N–H and O–H groups in total. The van der Waals surface area contributed by atoms with E-state index in [-0.39, 0.29) is 10.6 Å². The highest BCUT2D eigenvalue weighted by atomic mass is 79.9. The fourth-order valence-electron chi connectivity index (χ4n) is 2.97. The van der Waals surface area contributed by atoms with Crippen molar-refractivity contribution < 1.29 is 4.92 Å². The zero-order valence-corrected chi connectivity index (χ0v) is 14.2. The summed E-state index contributed by atoms with van der Waals surface area (Å²) in [6.45, 7) is 3.19. The summed E-state index contributed by atoms with van der Waals surface area (Å²) < 4.78 is 0. The van der Waals surface area contributed by atoms with Gasteiger partial charge in [0.05, 0.1) is 4.92 Å². The van der Waals surface area contributed by atoms with E-state index in [1.807, 2.05) is 6.07 Å². The van der Waals surface area contributed by atoms with Gasteiger partial charge in [-0.1, -0.05) is 15.9 Å². The van der Waals surface area contributed by atoms with E-state index in [2.05, 4.69) is 39.8 Å². The predicted molar refractivity (Wildman–Crippen MR) is 89.2 cm³/mol. The molecule has 5 nitrogen and oxygen atoms in total. The third kappa shape index (κ3) is 4.17. The lowest BCUT2D eigenvalue weighted by Crippen LogP contribution is -2.37. The van der Waals surface area contributed by atoms with Crippen molar-refractivity contribution in [1.29, 1.82) is 0 Å². The van der Waals surface area contributed by atoms with Gasteiger partial charge in [-0.3, -0.25) is 10.1 Å². The van der Waals surface area contributed by atoms with Gasteiger partial charge in [0.1, 0.15) is 0 Å². The fraction of sp³-hybridized carbons (Fsp3) is 0.600. The molecule has 1 aliphatic heterocycles. The van der Waals surface area contributed by atoms with Crippen LogP contribution in [0.15, 0.2) is 18.2 Å². The number of alkyl halides is 1. The molecule has 0 aliphatic carbocycles. The van der Waals surface area contributed by atoms with E-state index in [1.165, 1.54) is 12.8 Å². The number of halogens is 1. The van der Waals surface area contributed by atoms with Crippen LogP contribution < -0.4 is 4.90 Å². The van der Waals surface area contributed by atoms with Gasteiger partial charge in [-0.2, -0.15) is 0 Å². The summed E-state index contributed by atoms with van der Waals surface area (Å²) in [6.07, 6.45) is 2.35. The number of piperidine rings is 1. The minimum atomic E-state index is -0.334. The summed E-state index contributed by atoms with van der Waals surface area (Å²) in [5.41, 5.74) is 2.28. The monoisotopic (exact) mass is 355 g/mol. The summed E-state index contributed by atoms with van der Waals surface area (Å²) in [7, 11) is 4.23. The molecule has 0 amide bonds. The van der Waals surface area contributed by atoms with E-state index in [1.54, 1.807) is 12.1 Å². The second-order valence-electron chi connectivity index (χ2n) is 5.90. The molecule has 0 radical (unpaired) electrons. The number of hydrogen-bond donors (Lipinski definition) is 0. The predicted octanol–water partition coefficient (Wildman–Crippen LogP) is 3.27. The van der Waals surface area contributed by atoms with Crippen LogP contribution in [0, 0.1) is 16.0 Å². The lowest BCUT2D eigenvalue weighted by molar-refractivity contribution is -0.384. The summed E-state index contributed by atoms with van der Waals surface area (Å²) in [5.74, 6) is 0.752. The Kier molecular flexibility index (Phi) is 5.58. The van der Waals surface area contributed by atoms with Crippen molar-refractivity contribution >= 4 is 27.3 Å². The molecular weight excluding hydrogens is 334 g/mol. The first-order valence-electron chi connectivity index (χ1n) is 7.24. The van der Waals surface area contributed by atoms with Crippen LogP contribution in [0.2, 0.25) is 0 Å². The highest BCUT2D eigenvalue weighted by Gasteiger charge is 2.22. The Morgan fingerprint density at radius 1 is 1.38 bits per heavy atom. The molecule has 0 saturated carbocycles. The molecule has 1 aliphatic rings. The van der Waals surface area contributed by atoms with Crippen LogP contribution >= 0.6 is 15.9 Å². The van der Waals surface area contributed by atoms with Crippen LogP contribution in [0.25, 0.3) is 0 Å². The second-order valence-corrected chi connectivity index (χ2v) is 6.46. The lowest BCUT2D eigenvalue weighted by atomic mass is 9.95. The number of benzene rings is 1. The average molecular weight is 356 g/mol. The van der Waals surface area contributed by atoms with Crippen LogP contribution in [0.4, 0.5) is 11.4 Å². The van der Waals surface area contributed by atoms with Gasteiger partial charge in [0, 0.05) is 42.8 Å².